The zero-order valence-electron chi connectivity index (χ0n) is 8.50. The summed E-state index contributed by atoms with van der Waals surface area (Å²) in [6.45, 7) is 0.656. The molecule has 1 aromatic carbocycles. The molecule has 0 saturated heterocycles. The van der Waals surface area contributed by atoms with Gasteiger partial charge in [0.2, 0.25) is 0 Å². The van der Waals surface area contributed by atoms with Gasteiger partial charge in [0, 0.05) is 23.1 Å². The smallest absolute Gasteiger partial charge is 0.312 e. The molecule has 3 amide bonds. The SMILES string of the molecule is NC(=O)NCCNC(=O)c1cccc(Br)c1. The third kappa shape index (κ3) is 4.31. The summed E-state index contributed by atoms with van der Waals surface area (Å²) in [5.41, 5.74) is 5.43. The predicted molar refractivity (Wildman–Crippen MR) is 64.1 cm³/mol. The van der Waals surface area contributed by atoms with E-state index in [4.69, 9.17) is 5.73 Å². The molecular formula is C10H12BrN3O2. The third-order valence-corrected chi connectivity index (χ3v) is 2.29. The Morgan fingerprint density at radius 3 is 2.56 bits per heavy atom. The highest BCUT2D eigenvalue weighted by molar-refractivity contribution is 9.10. The van der Waals surface area contributed by atoms with Crippen molar-refractivity contribution >= 4 is 27.9 Å². The van der Waals surface area contributed by atoms with Crippen LogP contribution in [0.3, 0.4) is 0 Å². The molecule has 0 bridgehead atoms. The van der Waals surface area contributed by atoms with Gasteiger partial charge >= 0.3 is 6.03 Å². The molecule has 0 aliphatic carbocycles. The minimum Gasteiger partial charge on any atom is -0.352 e. The fraction of sp³-hybridized carbons (Fsp3) is 0.200. The molecule has 5 nitrogen and oxygen atoms in total. The van der Waals surface area contributed by atoms with Gasteiger partial charge in [-0.3, -0.25) is 4.79 Å². The molecule has 6 heteroatoms. The molecule has 0 heterocycles. The van der Waals surface area contributed by atoms with E-state index in [2.05, 4.69) is 26.6 Å². The van der Waals surface area contributed by atoms with Crippen molar-refractivity contribution in [3.63, 3.8) is 0 Å². The Balaban J connectivity index is 2.38. The largest absolute Gasteiger partial charge is 0.352 e. The Hall–Kier alpha value is -1.56. The number of benzene rings is 1. The number of amides is 3. The number of hydrogen-bond donors (Lipinski definition) is 3. The van der Waals surface area contributed by atoms with E-state index in [-0.39, 0.29) is 5.91 Å². The Labute approximate surface area is 102 Å². The summed E-state index contributed by atoms with van der Waals surface area (Å²) < 4.78 is 0.843. The molecule has 1 rings (SSSR count). The van der Waals surface area contributed by atoms with Crippen LogP contribution in [0.25, 0.3) is 0 Å². The summed E-state index contributed by atoms with van der Waals surface area (Å²) >= 11 is 3.28. The Morgan fingerprint density at radius 1 is 1.25 bits per heavy atom. The van der Waals surface area contributed by atoms with Crippen molar-refractivity contribution in [3.8, 4) is 0 Å². The van der Waals surface area contributed by atoms with Gasteiger partial charge < -0.3 is 16.4 Å². The Bertz CT molecular complexity index is 395. The van der Waals surface area contributed by atoms with Gasteiger partial charge in [-0.15, -0.1) is 0 Å². The lowest BCUT2D eigenvalue weighted by Gasteiger charge is -2.05. The maximum Gasteiger partial charge on any atom is 0.312 e. The van der Waals surface area contributed by atoms with Crippen molar-refractivity contribution < 1.29 is 9.59 Å². The highest BCUT2D eigenvalue weighted by Crippen LogP contribution is 2.11. The highest BCUT2D eigenvalue weighted by atomic mass is 79.9. The second kappa shape index (κ2) is 6.12. The van der Waals surface area contributed by atoms with Crippen LogP contribution in [0.1, 0.15) is 10.4 Å². The fourth-order valence-electron chi connectivity index (χ4n) is 1.09. The molecule has 0 aliphatic heterocycles. The van der Waals surface area contributed by atoms with Gasteiger partial charge in [-0.2, -0.15) is 0 Å². The van der Waals surface area contributed by atoms with Crippen LogP contribution in [0, 0.1) is 0 Å². The number of carbonyl (C=O) groups is 2. The maximum atomic E-state index is 11.6. The molecule has 0 atom stereocenters. The van der Waals surface area contributed by atoms with Crippen LogP contribution in [0.5, 0.6) is 0 Å². The number of nitrogens with two attached hydrogens (primary N) is 1. The van der Waals surface area contributed by atoms with Crippen molar-refractivity contribution in [2.45, 2.75) is 0 Å². The molecule has 0 saturated carbocycles. The first-order valence-corrected chi connectivity index (χ1v) is 5.46. The summed E-state index contributed by atoms with van der Waals surface area (Å²) in [5, 5.41) is 5.03. The second-order valence-corrected chi connectivity index (χ2v) is 3.97. The van der Waals surface area contributed by atoms with Gasteiger partial charge in [-0.25, -0.2) is 4.79 Å². The molecule has 0 fully saturated rings. The standard InChI is InChI=1S/C10H12BrN3O2/c11-8-3-1-2-7(6-8)9(15)13-4-5-14-10(12)16/h1-3,6H,4-5H2,(H,13,15)(H3,12,14,16). The monoisotopic (exact) mass is 285 g/mol. The number of halogens is 1. The number of hydrogen-bond acceptors (Lipinski definition) is 2. The van der Waals surface area contributed by atoms with E-state index in [1.807, 2.05) is 6.07 Å². The van der Waals surface area contributed by atoms with E-state index in [9.17, 15) is 9.59 Å². The van der Waals surface area contributed by atoms with Gasteiger partial charge in [-0.1, -0.05) is 22.0 Å². The van der Waals surface area contributed by atoms with Crippen LogP contribution in [0.4, 0.5) is 4.79 Å². The first-order chi connectivity index (χ1) is 7.59. The molecule has 86 valence electrons. The molecule has 0 aromatic heterocycles. The molecular weight excluding hydrogens is 274 g/mol. The average molecular weight is 286 g/mol. The van der Waals surface area contributed by atoms with Crippen molar-refractivity contribution in [1.29, 1.82) is 0 Å². The summed E-state index contributed by atoms with van der Waals surface area (Å²) in [7, 11) is 0. The molecule has 1 aromatic rings. The summed E-state index contributed by atoms with van der Waals surface area (Å²) in [4.78, 5) is 21.9. The average Bonchev–Trinajstić information content (AvgIpc) is 2.24. The summed E-state index contributed by atoms with van der Waals surface area (Å²) in [6, 6.07) is 6.45. The number of rotatable bonds is 4. The quantitative estimate of drug-likeness (QED) is 0.717. The van der Waals surface area contributed by atoms with Gasteiger partial charge in [0.05, 0.1) is 0 Å². The van der Waals surface area contributed by atoms with E-state index >= 15 is 0 Å². The van der Waals surface area contributed by atoms with Gasteiger partial charge in [0.25, 0.3) is 5.91 Å². The van der Waals surface area contributed by atoms with Crippen molar-refractivity contribution in [1.82, 2.24) is 10.6 Å². The predicted octanol–water partition coefficient (Wildman–Crippen LogP) is 0.847. The van der Waals surface area contributed by atoms with Crippen LogP contribution < -0.4 is 16.4 Å². The first-order valence-electron chi connectivity index (χ1n) is 4.66. The molecule has 0 aliphatic rings. The Kier molecular flexibility index (Phi) is 4.78. The van der Waals surface area contributed by atoms with Crippen LogP contribution in [0.2, 0.25) is 0 Å². The van der Waals surface area contributed by atoms with Gasteiger partial charge in [0.15, 0.2) is 0 Å². The highest BCUT2D eigenvalue weighted by Gasteiger charge is 2.04. The third-order valence-electron chi connectivity index (χ3n) is 1.80. The molecule has 4 N–H and O–H groups in total. The van der Waals surface area contributed by atoms with Gasteiger partial charge in [-0.05, 0) is 18.2 Å². The van der Waals surface area contributed by atoms with Crippen molar-refractivity contribution in [2.75, 3.05) is 13.1 Å². The molecule has 0 unspecified atom stereocenters. The number of carbonyl (C=O) groups excluding carboxylic acids is 2. The van der Waals surface area contributed by atoms with E-state index in [0.717, 1.165) is 4.47 Å². The Morgan fingerprint density at radius 2 is 1.94 bits per heavy atom. The lowest BCUT2D eigenvalue weighted by atomic mass is 10.2. The number of primary amides is 1. The molecule has 0 radical (unpaired) electrons. The van der Waals surface area contributed by atoms with Crippen LogP contribution in [-0.2, 0) is 0 Å². The maximum absolute atomic E-state index is 11.6. The number of nitrogens with one attached hydrogen (secondary N) is 2. The summed E-state index contributed by atoms with van der Waals surface area (Å²) in [5.74, 6) is -0.187. The van der Waals surface area contributed by atoms with Crippen molar-refractivity contribution in [2.24, 2.45) is 5.73 Å². The summed E-state index contributed by atoms with van der Waals surface area (Å²) in [6.07, 6.45) is 0. The molecule has 16 heavy (non-hydrogen) atoms. The zero-order chi connectivity index (χ0) is 12.0. The van der Waals surface area contributed by atoms with Gasteiger partial charge in [0.1, 0.15) is 0 Å². The minimum absolute atomic E-state index is 0.187. The lowest BCUT2D eigenvalue weighted by molar-refractivity contribution is 0.0954. The van der Waals surface area contributed by atoms with Crippen LogP contribution >= 0.6 is 15.9 Å². The fourth-order valence-corrected chi connectivity index (χ4v) is 1.49. The van der Waals surface area contributed by atoms with Crippen LogP contribution in [-0.4, -0.2) is 25.0 Å². The topological polar surface area (TPSA) is 84.2 Å². The van der Waals surface area contributed by atoms with E-state index in [0.29, 0.717) is 18.7 Å². The number of urea groups is 1. The normalized spacial score (nSPS) is 9.56. The van der Waals surface area contributed by atoms with E-state index in [1.54, 1.807) is 18.2 Å². The second-order valence-electron chi connectivity index (χ2n) is 3.06. The lowest BCUT2D eigenvalue weighted by Crippen LogP contribution is -2.37. The van der Waals surface area contributed by atoms with E-state index in [1.165, 1.54) is 0 Å². The van der Waals surface area contributed by atoms with E-state index < -0.39 is 6.03 Å². The molecule has 0 spiro atoms. The minimum atomic E-state index is -0.600. The first kappa shape index (κ1) is 12.5. The zero-order valence-corrected chi connectivity index (χ0v) is 10.1. The van der Waals surface area contributed by atoms with Crippen molar-refractivity contribution in [3.05, 3.63) is 34.3 Å². The van der Waals surface area contributed by atoms with Crippen LogP contribution in [0.15, 0.2) is 28.7 Å².